The van der Waals surface area contributed by atoms with Crippen LogP contribution in [0.15, 0.2) is 42.5 Å². The number of nitrogens with zero attached hydrogens (tertiary/aromatic N) is 4. The maximum Gasteiger partial charge on any atom is 0.278 e. The van der Waals surface area contributed by atoms with E-state index in [0.717, 1.165) is 11.1 Å². The normalized spacial score (nSPS) is 11.1. The van der Waals surface area contributed by atoms with Crippen molar-refractivity contribution in [1.82, 2.24) is 19.9 Å². The Morgan fingerprint density at radius 3 is 2.34 bits per heavy atom. The van der Waals surface area contributed by atoms with Gasteiger partial charge in [-0.2, -0.15) is 0 Å². The fourth-order valence-corrected chi connectivity index (χ4v) is 3.82. The molecular weight excluding hydrogens is 454 g/mol. The highest BCUT2D eigenvalue weighted by atomic mass is 35.5. The second kappa shape index (κ2) is 9.35. The van der Waals surface area contributed by atoms with Crippen LogP contribution in [-0.4, -0.2) is 31.8 Å². The van der Waals surface area contributed by atoms with Crippen molar-refractivity contribution >= 4 is 52.3 Å². The minimum Gasteiger partial charge on any atom is -0.330 e. The molecule has 1 aromatic heterocycles. The Balaban J connectivity index is 1.85. The van der Waals surface area contributed by atoms with Crippen LogP contribution in [0.1, 0.15) is 35.5 Å². The molecule has 9 heteroatoms. The van der Waals surface area contributed by atoms with Crippen LogP contribution in [0.3, 0.4) is 0 Å². The lowest BCUT2D eigenvalue weighted by Gasteiger charge is -2.26. The highest BCUT2D eigenvalue weighted by Gasteiger charge is 2.26. The number of rotatable bonds is 6. The van der Waals surface area contributed by atoms with E-state index in [1.165, 1.54) is 4.68 Å². The van der Waals surface area contributed by atoms with Crippen molar-refractivity contribution in [3.63, 3.8) is 0 Å². The van der Waals surface area contributed by atoms with E-state index < -0.39 is 0 Å². The van der Waals surface area contributed by atoms with Crippen molar-refractivity contribution in [3.05, 3.63) is 79.5 Å². The zero-order chi connectivity index (χ0) is 21.1. The zero-order valence-electron chi connectivity index (χ0n) is 15.7. The molecule has 3 rings (SSSR count). The molecule has 0 saturated carbocycles. The van der Waals surface area contributed by atoms with Crippen LogP contribution in [0.4, 0.5) is 0 Å². The summed E-state index contributed by atoms with van der Waals surface area (Å²) >= 11 is 24.8. The second-order valence-corrected chi connectivity index (χ2v) is 8.42. The van der Waals surface area contributed by atoms with Gasteiger partial charge in [0.05, 0.1) is 6.54 Å². The van der Waals surface area contributed by atoms with E-state index in [1.807, 2.05) is 32.0 Å². The first-order valence-electron chi connectivity index (χ1n) is 8.84. The van der Waals surface area contributed by atoms with E-state index in [1.54, 1.807) is 29.2 Å². The van der Waals surface area contributed by atoms with Crippen molar-refractivity contribution < 1.29 is 4.79 Å². The molecule has 0 aliphatic rings. The number of aromatic nitrogens is 3. The smallest absolute Gasteiger partial charge is 0.278 e. The third-order valence-corrected chi connectivity index (χ3v) is 5.49. The monoisotopic (exact) mass is 470 g/mol. The Morgan fingerprint density at radius 2 is 1.72 bits per heavy atom. The number of benzene rings is 2. The van der Waals surface area contributed by atoms with Gasteiger partial charge in [0, 0.05) is 27.7 Å². The van der Waals surface area contributed by atoms with Gasteiger partial charge in [-0.25, -0.2) is 4.68 Å². The van der Waals surface area contributed by atoms with Gasteiger partial charge in [0.2, 0.25) is 0 Å². The number of amides is 1. The molecule has 1 amide bonds. The quantitative estimate of drug-likeness (QED) is 0.443. The van der Waals surface area contributed by atoms with Crippen molar-refractivity contribution in [2.24, 2.45) is 0 Å². The summed E-state index contributed by atoms with van der Waals surface area (Å²) in [6, 6.07) is 12.5. The lowest BCUT2D eigenvalue weighted by atomic mass is 10.1. The van der Waals surface area contributed by atoms with Crippen molar-refractivity contribution in [1.29, 1.82) is 0 Å². The molecule has 0 saturated heterocycles. The van der Waals surface area contributed by atoms with Crippen LogP contribution < -0.4 is 0 Å². The van der Waals surface area contributed by atoms with E-state index in [4.69, 9.17) is 46.4 Å². The maximum atomic E-state index is 13.1. The van der Waals surface area contributed by atoms with Gasteiger partial charge in [0.1, 0.15) is 0 Å². The molecule has 0 aliphatic carbocycles. The number of carbonyl (C=O) groups excluding carboxylic acids is 1. The molecule has 2 aromatic carbocycles. The number of carbonyl (C=O) groups is 1. The second-order valence-electron chi connectivity index (χ2n) is 6.78. The highest BCUT2D eigenvalue weighted by molar-refractivity contribution is 6.34. The van der Waals surface area contributed by atoms with Crippen molar-refractivity contribution in [2.45, 2.75) is 33.0 Å². The van der Waals surface area contributed by atoms with Gasteiger partial charge in [-0.15, -0.1) is 5.10 Å². The molecule has 152 valence electrons. The summed E-state index contributed by atoms with van der Waals surface area (Å²) in [6.07, 6.45) is 0. The van der Waals surface area contributed by atoms with Gasteiger partial charge in [-0.05, 0) is 49.2 Å². The Labute approximate surface area is 189 Å². The molecule has 0 radical (unpaired) electrons. The molecule has 0 N–H and O–H groups in total. The number of hydrogen-bond donors (Lipinski definition) is 0. The van der Waals surface area contributed by atoms with Crippen molar-refractivity contribution in [3.8, 4) is 0 Å². The van der Waals surface area contributed by atoms with Gasteiger partial charge < -0.3 is 4.90 Å². The van der Waals surface area contributed by atoms with Gasteiger partial charge >= 0.3 is 0 Å². The van der Waals surface area contributed by atoms with E-state index in [2.05, 4.69) is 10.3 Å². The highest BCUT2D eigenvalue weighted by Crippen LogP contribution is 2.24. The fourth-order valence-electron chi connectivity index (χ4n) is 2.84. The van der Waals surface area contributed by atoms with Gasteiger partial charge in [-0.1, -0.05) is 69.8 Å². The zero-order valence-corrected chi connectivity index (χ0v) is 18.8. The molecule has 0 atom stereocenters. The SMILES string of the molecule is CC(C)N(Cc1ccccc1Cl)C(=O)c1nnn(Cc2cc(Cl)cc(Cl)c2)c1Cl. The first-order valence-corrected chi connectivity index (χ1v) is 10.4. The molecule has 3 aromatic rings. The molecule has 0 spiro atoms. The predicted octanol–water partition coefficient (Wildman–Crippen LogP) is 5.99. The lowest BCUT2D eigenvalue weighted by Crippen LogP contribution is -2.37. The largest absolute Gasteiger partial charge is 0.330 e. The summed E-state index contributed by atoms with van der Waals surface area (Å²) < 4.78 is 1.44. The van der Waals surface area contributed by atoms with E-state index in [-0.39, 0.29) is 29.3 Å². The van der Waals surface area contributed by atoms with Crippen LogP contribution >= 0.6 is 46.4 Å². The maximum absolute atomic E-state index is 13.1. The lowest BCUT2D eigenvalue weighted by molar-refractivity contribution is 0.0684. The van der Waals surface area contributed by atoms with Crippen molar-refractivity contribution in [2.75, 3.05) is 0 Å². The Morgan fingerprint density at radius 1 is 1.07 bits per heavy atom. The van der Waals surface area contributed by atoms with Gasteiger partial charge in [0.25, 0.3) is 5.91 Å². The Bertz CT molecular complexity index is 1010. The molecule has 1 heterocycles. The first-order chi connectivity index (χ1) is 13.8. The van der Waals surface area contributed by atoms with Crippen LogP contribution in [0.2, 0.25) is 20.2 Å². The Hall–Kier alpha value is -1.79. The van der Waals surface area contributed by atoms with Crippen LogP contribution in [-0.2, 0) is 13.1 Å². The number of hydrogen-bond acceptors (Lipinski definition) is 3. The van der Waals surface area contributed by atoms with E-state index in [9.17, 15) is 4.79 Å². The Kier molecular flexibility index (Phi) is 7.06. The van der Waals surface area contributed by atoms with E-state index in [0.29, 0.717) is 21.6 Å². The average molecular weight is 472 g/mol. The third-order valence-electron chi connectivity index (χ3n) is 4.31. The molecule has 0 aliphatic heterocycles. The molecular formula is C20H18Cl4N4O. The van der Waals surface area contributed by atoms with Gasteiger partial charge in [-0.3, -0.25) is 4.79 Å². The fraction of sp³-hybridized carbons (Fsp3) is 0.250. The minimum absolute atomic E-state index is 0.0838. The van der Waals surface area contributed by atoms with Crippen LogP contribution in [0.5, 0.6) is 0 Å². The predicted molar refractivity (Wildman–Crippen MR) is 117 cm³/mol. The van der Waals surface area contributed by atoms with Gasteiger partial charge in [0.15, 0.2) is 10.8 Å². The topological polar surface area (TPSA) is 51.0 Å². The van der Waals surface area contributed by atoms with E-state index >= 15 is 0 Å². The average Bonchev–Trinajstić information content (AvgIpc) is 3.00. The summed E-state index contributed by atoms with van der Waals surface area (Å²) in [4.78, 5) is 14.8. The third kappa shape index (κ3) is 5.23. The standard InChI is InChI=1S/C20H18Cl4N4O/c1-12(2)27(11-14-5-3-4-6-17(14)23)20(29)18-19(24)28(26-25-18)10-13-7-15(21)9-16(22)8-13/h3-9,12H,10-11H2,1-2H3. The summed E-state index contributed by atoms with van der Waals surface area (Å²) in [7, 11) is 0. The molecule has 5 nitrogen and oxygen atoms in total. The molecule has 0 unspecified atom stereocenters. The minimum atomic E-state index is -0.319. The molecule has 29 heavy (non-hydrogen) atoms. The molecule has 0 bridgehead atoms. The molecule has 0 fully saturated rings. The first kappa shape index (κ1) is 21.9. The summed E-state index contributed by atoms with van der Waals surface area (Å²) in [5, 5.41) is 9.80. The summed E-state index contributed by atoms with van der Waals surface area (Å²) in [5.41, 5.74) is 1.72. The number of halogens is 4. The van der Waals surface area contributed by atoms with Crippen LogP contribution in [0, 0.1) is 0 Å². The summed E-state index contributed by atoms with van der Waals surface area (Å²) in [5.74, 6) is -0.319. The van der Waals surface area contributed by atoms with Crippen LogP contribution in [0.25, 0.3) is 0 Å². The summed E-state index contributed by atoms with van der Waals surface area (Å²) in [6.45, 7) is 4.46.